The molecule has 0 radical (unpaired) electrons. The van der Waals surface area contributed by atoms with E-state index in [4.69, 9.17) is 16.3 Å². The van der Waals surface area contributed by atoms with E-state index in [2.05, 4.69) is 27.7 Å². The second-order valence-electron chi connectivity index (χ2n) is 11.3. The lowest BCUT2D eigenvalue weighted by atomic mass is 9.91. The molecule has 3 aromatic carbocycles. The smallest absolute Gasteiger partial charge is 0.255 e. The molecule has 0 atom stereocenters. The number of anilines is 2. The molecule has 0 unspecified atom stereocenters. The number of amides is 3. The molecular formula is C34H35N7O3. The topological polar surface area (TPSA) is 155 Å². The summed E-state index contributed by atoms with van der Waals surface area (Å²) in [6, 6.07) is 22.7. The molecule has 10 heteroatoms. The van der Waals surface area contributed by atoms with Crippen molar-refractivity contribution < 1.29 is 14.4 Å². The van der Waals surface area contributed by atoms with Gasteiger partial charge in [0.2, 0.25) is 0 Å². The molecule has 5 rings (SSSR count). The van der Waals surface area contributed by atoms with E-state index in [1.165, 1.54) is 0 Å². The Labute approximate surface area is 257 Å². The molecule has 0 bridgehead atoms. The van der Waals surface area contributed by atoms with Crippen LogP contribution in [0.5, 0.6) is 0 Å². The third-order valence-electron chi connectivity index (χ3n) is 8.27. The third-order valence-corrected chi connectivity index (χ3v) is 8.27. The van der Waals surface area contributed by atoms with Gasteiger partial charge >= 0.3 is 0 Å². The number of nitrogens with one attached hydrogen (secondary N) is 2. The quantitative estimate of drug-likeness (QED) is 0.392. The van der Waals surface area contributed by atoms with Gasteiger partial charge in [-0.1, -0.05) is 0 Å². The molecule has 0 aromatic heterocycles. The largest absolute Gasteiger partial charge is 0.368 e. The Balaban J connectivity index is 1.36. The summed E-state index contributed by atoms with van der Waals surface area (Å²) >= 11 is 0. The van der Waals surface area contributed by atoms with Crippen LogP contribution in [0.3, 0.4) is 0 Å². The van der Waals surface area contributed by atoms with Gasteiger partial charge in [-0.2, -0.15) is 10.5 Å². The molecule has 3 aromatic rings. The maximum absolute atomic E-state index is 13.3. The summed E-state index contributed by atoms with van der Waals surface area (Å²) < 4.78 is 0. The SMILES string of the molecule is N#Cc1ccc(C(=O)Nc2cc(C(=O)NC3CCC(N)CC3)ccc2N2CCCN(C(=O)c3ccc(C#N)cc3)CC2)cc1. The highest BCUT2D eigenvalue weighted by Crippen LogP contribution is 2.30. The van der Waals surface area contributed by atoms with Gasteiger partial charge in [-0.25, -0.2) is 0 Å². The fourth-order valence-corrected chi connectivity index (χ4v) is 5.71. The number of nitriles is 2. The highest BCUT2D eigenvalue weighted by atomic mass is 16.2. The molecule has 1 saturated carbocycles. The first-order valence-corrected chi connectivity index (χ1v) is 14.9. The second kappa shape index (κ2) is 13.9. The van der Waals surface area contributed by atoms with Crippen molar-refractivity contribution in [3.8, 4) is 12.1 Å². The Kier molecular flexibility index (Phi) is 9.53. The van der Waals surface area contributed by atoms with Crippen LogP contribution in [0.25, 0.3) is 0 Å². The molecule has 44 heavy (non-hydrogen) atoms. The Morgan fingerprint density at radius 1 is 0.727 bits per heavy atom. The summed E-state index contributed by atoms with van der Waals surface area (Å²) in [6.45, 7) is 2.20. The van der Waals surface area contributed by atoms with Crippen molar-refractivity contribution in [3.63, 3.8) is 0 Å². The zero-order valence-corrected chi connectivity index (χ0v) is 24.5. The number of hydrogen-bond donors (Lipinski definition) is 3. The number of carbonyl (C=O) groups excluding carboxylic acids is 3. The lowest BCUT2D eigenvalue weighted by molar-refractivity contribution is 0.0766. The Bertz CT molecular complexity index is 1600. The normalized spacial score (nSPS) is 18.3. The van der Waals surface area contributed by atoms with Crippen LogP contribution in [-0.2, 0) is 0 Å². The summed E-state index contributed by atoms with van der Waals surface area (Å²) in [5, 5.41) is 24.3. The fraction of sp³-hybridized carbons (Fsp3) is 0.324. The maximum Gasteiger partial charge on any atom is 0.255 e. The van der Waals surface area contributed by atoms with E-state index in [1.807, 2.05) is 6.07 Å². The number of nitrogens with zero attached hydrogens (tertiary/aromatic N) is 4. The molecule has 0 spiro atoms. The van der Waals surface area contributed by atoms with Gasteiger partial charge in [0.1, 0.15) is 0 Å². The summed E-state index contributed by atoms with van der Waals surface area (Å²) in [5.74, 6) is -0.663. The van der Waals surface area contributed by atoms with Crippen LogP contribution in [0.1, 0.15) is 74.3 Å². The van der Waals surface area contributed by atoms with E-state index in [1.54, 1.807) is 65.6 Å². The van der Waals surface area contributed by atoms with Gasteiger partial charge < -0.3 is 26.2 Å². The van der Waals surface area contributed by atoms with Crippen molar-refractivity contribution >= 4 is 29.1 Å². The highest BCUT2D eigenvalue weighted by Gasteiger charge is 2.25. The lowest BCUT2D eigenvalue weighted by Gasteiger charge is -2.28. The van der Waals surface area contributed by atoms with Crippen molar-refractivity contribution in [2.24, 2.45) is 5.73 Å². The van der Waals surface area contributed by atoms with E-state index < -0.39 is 0 Å². The van der Waals surface area contributed by atoms with Gasteiger partial charge in [0.15, 0.2) is 0 Å². The molecule has 3 amide bonds. The van der Waals surface area contributed by atoms with E-state index >= 15 is 0 Å². The van der Waals surface area contributed by atoms with Crippen LogP contribution in [0.15, 0.2) is 66.7 Å². The van der Waals surface area contributed by atoms with Gasteiger partial charge in [0.05, 0.1) is 34.6 Å². The summed E-state index contributed by atoms with van der Waals surface area (Å²) in [5.41, 5.74) is 9.57. The van der Waals surface area contributed by atoms with Gasteiger partial charge in [-0.15, -0.1) is 0 Å². The Hall–Kier alpha value is -5.19. The highest BCUT2D eigenvalue weighted by molar-refractivity contribution is 6.07. The molecule has 224 valence electrons. The lowest BCUT2D eigenvalue weighted by Crippen LogP contribution is -2.40. The van der Waals surface area contributed by atoms with Crippen LogP contribution < -0.4 is 21.3 Å². The van der Waals surface area contributed by atoms with E-state index in [0.29, 0.717) is 66.1 Å². The molecule has 10 nitrogen and oxygen atoms in total. The maximum atomic E-state index is 13.3. The molecule has 2 aliphatic rings. The fourth-order valence-electron chi connectivity index (χ4n) is 5.71. The van der Waals surface area contributed by atoms with Gasteiger partial charge in [-0.3, -0.25) is 14.4 Å². The van der Waals surface area contributed by atoms with Crippen molar-refractivity contribution in [2.75, 3.05) is 36.4 Å². The molecule has 1 aliphatic carbocycles. The minimum Gasteiger partial charge on any atom is -0.368 e. The first kappa shape index (κ1) is 30.3. The zero-order valence-electron chi connectivity index (χ0n) is 24.5. The zero-order chi connectivity index (χ0) is 31.1. The predicted octanol–water partition coefficient (Wildman–Crippen LogP) is 4.03. The van der Waals surface area contributed by atoms with Crippen molar-refractivity contribution in [1.82, 2.24) is 10.2 Å². The van der Waals surface area contributed by atoms with Gasteiger partial charge in [-0.05, 0) is 98.8 Å². The van der Waals surface area contributed by atoms with Gasteiger partial charge in [0.25, 0.3) is 17.7 Å². The van der Waals surface area contributed by atoms with Crippen LogP contribution >= 0.6 is 0 Å². The van der Waals surface area contributed by atoms with Crippen molar-refractivity contribution in [3.05, 3.63) is 94.5 Å². The number of carbonyl (C=O) groups is 3. The van der Waals surface area contributed by atoms with E-state index in [9.17, 15) is 14.4 Å². The molecule has 1 heterocycles. The number of nitrogens with two attached hydrogens (primary N) is 1. The Morgan fingerprint density at radius 3 is 1.98 bits per heavy atom. The third kappa shape index (κ3) is 7.23. The standard InChI is InChI=1S/C34H35N7O3/c35-21-23-2-6-25(7-3-23)32(42)39-30-20-27(33(43)38-29-13-11-28(37)12-14-29)10-15-31(30)40-16-1-17-41(19-18-40)34(44)26-8-4-24(22-36)5-9-26/h2-10,15,20,28-29H,1,11-14,16-19,37H2,(H,38,43)(H,39,42). The van der Waals surface area contributed by atoms with Gasteiger partial charge in [0, 0.05) is 55.0 Å². The first-order chi connectivity index (χ1) is 21.3. The van der Waals surface area contributed by atoms with Crippen LogP contribution in [0.4, 0.5) is 11.4 Å². The molecule has 2 fully saturated rings. The van der Waals surface area contributed by atoms with E-state index in [0.717, 1.165) is 31.4 Å². The number of hydrogen-bond acceptors (Lipinski definition) is 7. The monoisotopic (exact) mass is 589 g/mol. The average Bonchev–Trinajstić information content (AvgIpc) is 3.32. The van der Waals surface area contributed by atoms with E-state index in [-0.39, 0.29) is 29.8 Å². The molecule has 4 N–H and O–H groups in total. The second-order valence-corrected chi connectivity index (χ2v) is 11.3. The van der Waals surface area contributed by atoms with Crippen LogP contribution in [-0.4, -0.2) is 60.9 Å². The summed E-state index contributed by atoms with van der Waals surface area (Å²) in [6.07, 6.45) is 4.11. The minimum atomic E-state index is -0.359. The number of benzene rings is 3. The molecular weight excluding hydrogens is 554 g/mol. The Morgan fingerprint density at radius 2 is 1.34 bits per heavy atom. The predicted molar refractivity (Wildman–Crippen MR) is 167 cm³/mol. The average molecular weight is 590 g/mol. The van der Waals surface area contributed by atoms with Crippen molar-refractivity contribution in [1.29, 1.82) is 10.5 Å². The first-order valence-electron chi connectivity index (χ1n) is 14.9. The summed E-state index contributed by atoms with van der Waals surface area (Å²) in [4.78, 5) is 43.7. The number of rotatable bonds is 6. The van der Waals surface area contributed by atoms with Crippen LogP contribution in [0.2, 0.25) is 0 Å². The van der Waals surface area contributed by atoms with Crippen LogP contribution in [0, 0.1) is 22.7 Å². The summed E-state index contributed by atoms with van der Waals surface area (Å²) in [7, 11) is 0. The van der Waals surface area contributed by atoms with Crippen molar-refractivity contribution in [2.45, 2.75) is 44.2 Å². The minimum absolute atomic E-state index is 0.0592. The molecule has 1 aliphatic heterocycles. The molecule has 1 saturated heterocycles.